The highest BCUT2D eigenvalue weighted by Gasteiger charge is 2.37. The van der Waals surface area contributed by atoms with Crippen LogP contribution in [0.5, 0.6) is 0 Å². The van der Waals surface area contributed by atoms with E-state index in [9.17, 15) is 28.0 Å². The van der Waals surface area contributed by atoms with E-state index in [2.05, 4.69) is 31.0 Å². The molecule has 0 saturated carbocycles. The number of hydrogen-bond donors (Lipinski definition) is 2. The Labute approximate surface area is 222 Å². The summed E-state index contributed by atoms with van der Waals surface area (Å²) in [6.07, 6.45) is -4.77. The number of nitrogens with one attached hydrogen (secondary N) is 2. The molecule has 2 N–H and O–H groups in total. The molecule has 0 fully saturated rings. The molecular formula is C23H16ClF3N8O2S. The van der Waals surface area contributed by atoms with Gasteiger partial charge in [-0.05, 0) is 35.9 Å². The summed E-state index contributed by atoms with van der Waals surface area (Å²) < 4.78 is 38.6. The third kappa shape index (κ3) is 5.48. The largest absolute Gasteiger partial charge is 0.455 e. The highest BCUT2D eigenvalue weighted by molar-refractivity contribution is 7.14. The molecule has 0 bridgehead atoms. The number of aromatic nitrogens is 5. The van der Waals surface area contributed by atoms with Crippen molar-refractivity contribution in [2.75, 3.05) is 12.4 Å². The van der Waals surface area contributed by atoms with Crippen LogP contribution in [-0.2, 0) is 12.7 Å². The first-order chi connectivity index (χ1) is 18.0. The number of hydrogen-bond acceptors (Lipinski definition) is 8. The summed E-state index contributed by atoms with van der Waals surface area (Å²) in [6, 6.07) is 11.4. The fourth-order valence-electron chi connectivity index (χ4n) is 3.47. The molecule has 10 nitrogen and oxygen atoms in total. The molecule has 0 aliphatic carbocycles. The molecule has 0 aliphatic heterocycles. The van der Waals surface area contributed by atoms with Gasteiger partial charge in [0.1, 0.15) is 16.4 Å². The second kappa shape index (κ2) is 10.6. The van der Waals surface area contributed by atoms with Crippen LogP contribution >= 0.6 is 22.9 Å². The van der Waals surface area contributed by atoms with E-state index in [1.54, 1.807) is 31.2 Å². The van der Waals surface area contributed by atoms with Crippen LogP contribution in [0.4, 0.5) is 18.9 Å². The van der Waals surface area contributed by atoms with E-state index in [0.29, 0.717) is 15.9 Å². The van der Waals surface area contributed by atoms with E-state index in [-0.39, 0.29) is 44.0 Å². The van der Waals surface area contributed by atoms with Crippen molar-refractivity contribution in [2.24, 2.45) is 0 Å². The summed E-state index contributed by atoms with van der Waals surface area (Å²) in [5.41, 5.74) is 1.54. The van der Waals surface area contributed by atoms with Crippen molar-refractivity contribution in [3.63, 3.8) is 0 Å². The Hall–Kier alpha value is -4.35. The quantitative estimate of drug-likeness (QED) is 0.358. The maximum absolute atomic E-state index is 13.5. The van der Waals surface area contributed by atoms with E-state index in [1.807, 2.05) is 6.07 Å². The number of tetrazole rings is 1. The third-order valence-electron chi connectivity index (χ3n) is 5.16. The molecule has 2 aromatic heterocycles. The summed E-state index contributed by atoms with van der Waals surface area (Å²) in [7, 11) is 1.41. The van der Waals surface area contributed by atoms with Gasteiger partial charge in [0.2, 0.25) is 0 Å². The van der Waals surface area contributed by atoms with Gasteiger partial charge in [-0.1, -0.05) is 29.8 Å². The highest BCUT2D eigenvalue weighted by atomic mass is 35.5. The first-order valence-corrected chi connectivity index (χ1v) is 11.9. The molecule has 4 aromatic rings. The summed E-state index contributed by atoms with van der Waals surface area (Å²) in [4.78, 5) is 31.2. The first-order valence-electron chi connectivity index (χ1n) is 10.7. The van der Waals surface area contributed by atoms with Crippen LogP contribution in [0.1, 0.15) is 42.0 Å². The Morgan fingerprint density at radius 3 is 2.58 bits per heavy atom. The molecule has 2 aromatic carbocycles. The van der Waals surface area contributed by atoms with E-state index < -0.39 is 23.8 Å². The molecule has 0 spiro atoms. The number of carbonyl (C=O) groups excluding carboxylic acids is 2. The average molecular weight is 561 g/mol. The van der Waals surface area contributed by atoms with Gasteiger partial charge in [-0.25, -0.2) is 4.98 Å². The topological polar surface area (TPSA) is 138 Å². The van der Waals surface area contributed by atoms with Gasteiger partial charge in [-0.2, -0.15) is 23.2 Å². The lowest BCUT2D eigenvalue weighted by molar-refractivity contribution is -0.145. The van der Waals surface area contributed by atoms with Gasteiger partial charge in [0, 0.05) is 12.6 Å². The fourth-order valence-corrected chi connectivity index (χ4v) is 4.64. The number of anilines is 1. The Bertz CT molecular complexity index is 1590. The van der Waals surface area contributed by atoms with Crippen molar-refractivity contribution in [1.29, 1.82) is 5.26 Å². The van der Waals surface area contributed by atoms with Crippen LogP contribution in [0.2, 0.25) is 5.02 Å². The molecular weight excluding hydrogens is 545 g/mol. The molecule has 2 amide bonds. The molecule has 2 heterocycles. The molecule has 0 unspecified atom stereocenters. The number of nitriles is 1. The van der Waals surface area contributed by atoms with Crippen molar-refractivity contribution in [1.82, 2.24) is 30.5 Å². The summed E-state index contributed by atoms with van der Waals surface area (Å²) in [5.74, 6) is -2.57. The maximum atomic E-state index is 13.5. The van der Waals surface area contributed by atoms with Crippen LogP contribution in [0.25, 0.3) is 11.3 Å². The Kier molecular flexibility index (Phi) is 7.42. The zero-order valence-electron chi connectivity index (χ0n) is 19.6. The number of nitrogens with zero attached hydrogens (tertiary/aromatic N) is 6. The SMILES string of the molecule is CNC(=O)c1cc(C#N)cc(C)c1NC(=O)c1sc(Cn2nnc(C(F)(F)F)n2)nc1-c1ccccc1Cl. The summed E-state index contributed by atoms with van der Waals surface area (Å²) in [6.45, 7) is 1.34. The molecule has 38 heavy (non-hydrogen) atoms. The second-order valence-corrected chi connectivity index (χ2v) is 9.26. The first kappa shape index (κ1) is 26.7. The number of amides is 2. The lowest BCUT2D eigenvalue weighted by Crippen LogP contribution is -2.22. The number of aryl methyl sites for hydroxylation is 1. The molecule has 15 heteroatoms. The number of carbonyl (C=O) groups is 2. The molecule has 4 rings (SSSR count). The van der Waals surface area contributed by atoms with Gasteiger partial charge in [0.05, 0.1) is 33.6 Å². The van der Waals surface area contributed by atoms with E-state index in [1.165, 1.54) is 19.2 Å². The fraction of sp³-hybridized carbons (Fsp3) is 0.174. The van der Waals surface area contributed by atoms with Gasteiger partial charge in [0.15, 0.2) is 0 Å². The maximum Gasteiger partial charge on any atom is 0.455 e. The van der Waals surface area contributed by atoms with E-state index in [0.717, 1.165) is 11.3 Å². The highest BCUT2D eigenvalue weighted by Crippen LogP contribution is 2.35. The van der Waals surface area contributed by atoms with E-state index in [4.69, 9.17) is 11.6 Å². The van der Waals surface area contributed by atoms with Gasteiger partial charge < -0.3 is 10.6 Å². The number of rotatable bonds is 6. The second-order valence-electron chi connectivity index (χ2n) is 7.77. The zero-order chi connectivity index (χ0) is 27.6. The Balaban J connectivity index is 1.76. The summed E-state index contributed by atoms with van der Waals surface area (Å²) >= 11 is 7.24. The Morgan fingerprint density at radius 1 is 1.21 bits per heavy atom. The predicted molar refractivity (Wildman–Crippen MR) is 132 cm³/mol. The monoisotopic (exact) mass is 560 g/mol. The smallest absolute Gasteiger partial charge is 0.355 e. The van der Waals surface area contributed by atoms with Crippen molar-refractivity contribution in [3.8, 4) is 17.3 Å². The minimum absolute atomic E-state index is 0.0768. The number of alkyl halides is 3. The molecule has 194 valence electrons. The standard InChI is InChI=1S/C23H16ClF3N8O2S/c1-11-7-12(9-28)8-14(20(36)29-2)17(11)31-21(37)19-18(13-5-3-4-6-15(13)24)30-16(38-19)10-35-33-22(32-34-35)23(25,26)27/h3-8H,10H2,1-2H3,(H,29,36)(H,31,37). The van der Waals surface area contributed by atoms with Gasteiger partial charge in [-0.3, -0.25) is 9.59 Å². The van der Waals surface area contributed by atoms with Gasteiger partial charge in [-0.15, -0.1) is 21.5 Å². The van der Waals surface area contributed by atoms with Gasteiger partial charge in [0.25, 0.3) is 17.6 Å². The molecule has 0 atom stereocenters. The number of benzene rings is 2. The predicted octanol–water partition coefficient (Wildman–Crippen LogP) is 4.31. The lowest BCUT2D eigenvalue weighted by atomic mass is 10.0. The van der Waals surface area contributed by atoms with Crippen molar-refractivity contribution in [3.05, 3.63) is 73.8 Å². The van der Waals surface area contributed by atoms with Gasteiger partial charge >= 0.3 is 6.18 Å². The minimum Gasteiger partial charge on any atom is -0.355 e. The van der Waals surface area contributed by atoms with Crippen LogP contribution in [0, 0.1) is 18.3 Å². The van der Waals surface area contributed by atoms with Crippen LogP contribution in [-0.4, -0.2) is 44.1 Å². The average Bonchev–Trinajstić information content (AvgIpc) is 3.52. The normalized spacial score (nSPS) is 11.2. The third-order valence-corrected chi connectivity index (χ3v) is 6.53. The Morgan fingerprint density at radius 2 is 1.95 bits per heavy atom. The minimum atomic E-state index is -4.77. The number of halogens is 4. The molecule has 0 saturated heterocycles. The molecule has 0 aliphatic rings. The van der Waals surface area contributed by atoms with Crippen LogP contribution < -0.4 is 10.6 Å². The van der Waals surface area contributed by atoms with Crippen molar-refractivity contribution < 1.29 is 22.8 Å². The molecule has 0 radical (unpaired) electrons. The summed E-state index contributed by atoms with van der Waals surface area (Å²) in [5, 5.41) is 24.7. The lowest BCUT2D eigenvalue weighted by Gasteiger charge is -2.14. The van der Waals surface area contributed by atoms with Crippen LogP contribution in [0.3, 0.4) is 0 Å². The van der Waals surface area contributed by atoms with Crippen LogP contribution in [0.15, 0.2) is 36.4 Å². The van der Waals surface area contributed by atoms with E-state index >= 15 is 0 Å². The zero-order valence-corrected chi connectivity index (χ0v) is 21.2. The van der Waals surface area contributed by atoms with Crippen molar-refractivity contribution in [2.45, 2.75) is 19.6 Å². The number of thiazole rings is 1. The van der Waals surface area contributed by atoms with Crippen molar-refractivity contribution >= 4 is 40.4 Å².